The van der Waals surface area contributed by atoms with Gasteiger partial charge in [0, 0.05) is 5.56 Å². The first-order valence-corrected chi connectivity index (χ1v) is 6.11. The lowest BCUT2D eigenvalue weighted by atomic mass is 10.1. The number of fused-ring (bicyclic) bond motifs is 1. The second-order valence-electron chi connectivity index (χ2n) is 3.88. The van der Waals surface area contributed by atoms with Crippen LogP contribution in [0, 0.1) is 0 Å². The van der Waals surface area contributed by atoms with Crippen molar-refractivity contribution in [1.29, 1.82) is 0 Å². The fourth-order valence-electron chi connectivity index (χ4n) is 1.80. The summed E-state index contributed by atoms with van der Waals surface area (Å²) in [6.07, 6.45) is -4.57. The molecule has 1 aliphatic heterocycles. The highest BCUT2D eigenvalue weighted by molar-refractivity contribution is 6.38. The van der Waals surface area contributed by atoms with Crippen LogP contribution in [0.2, 0.25) is 10.0 Å². The molecule has 0 aromatic heterocycles. The van der Waals surface area contributed by atoms with Gasteiger partial charge in [-0.25, -0.2) is 0 Å². The molecule has 1 unspecified atom stereocenters. The van der Waals surface area contributed by atoms with Crippen molar-refractivity contribution in [3.8, 4) is 17.2 Å². The van der Waals surface area contributed by atoms with Gasteiger partial charge in [-0.2, -0.15) is 13.2 Å². The fourth-order valence-corrected chi connectivity index (χ4v) is 2.42. The molecule has 3 nitrogen and oxygen atoms in total. The number of ether oxygens (including phenoxy) is 3. The summed E-state index contributed by atoms with van der Waals surface area (Å²) in [5, 5.41) is -0.0528. The van der Waals surface area contributed by atoms with Gasteiger partial charge in [0.25, 0.3) is 0 Å². The van der Waals surface area contributed by atoms with Crippen molar-refractivity contribution in [3.05, 3.63) is 21.7 Å². The molecule has 1 aliphatic rings. The van der Waals surface area contributed by atoms with E-state index >= 15 is 0 Å². The van der Waals surface area contributed by atoms with Gasteiger partial charge in [0.2, 0.25) is 6.10 Å². The van der Waals surface area contributed by atoms with E-state index in [1.54, 1.807) is 0 Å². The van der Waals surface area contributed by atoms with E-state index in [1.807, 2.05) is 0 Å². The lowest BCUT2D eigenvalue weighted by Gasteiger charge is -2.26. The summed E-state index contributed by atoms with van der Waals surface area (Å²) in [6.45, 7) is 0. The van der Waals surface area contributed by atoms with Gasteiger partial charge in [-0.05, 0) is 12.2 Å². The second kappa shape index (κ2) is 5.26. The molecule has 8 heteroatoms. The summed E-state index contributed by atoms with van der Waals surface area (Å²) in [4.78, 5) is 0. The van der Waals surface area contributed by atoms with E-state index in [4.69, 9.17) is 37.4 Å². The van der Waals surface area contributed by atoms with Crippen LogP contribution in [0.25, 0.3) is 6.08 Å². The van der Waals surface area contributed by atoms with Crippen LogP contribution in [0.15, 0.2) is 6.08 Å². The van der Waals surface area contributed by atoms with Crippen LogP contribution in [0.5, 0.6) is 17.2 Å². The highest BCUT2D eigenvalue weighted by Gasteiger charge is 2.43. The SMILES string of the molecule is COc1c(Cl)c2c(c(Cl)c1OC)OC(C(F)(F)F)C=C2. The molecule has 20 heavy (non-hydrogen) atoms. The molecule has 0 saturated carbocycles. The Kier molecular flexibility index (Phi) is 3.97. The Morgan fingerprint density at radius 2 is 1.65 bits per heavy atom. The topological polar surface area (TPSA) is 27.7 Å². The smallest absolute Gasteiger partial charge is 0.429 e. The molecule has 0 fully saturated rings. The first kappa shape index (κ1) is 15.1. The molecule has 1 aromatic rings. The maximum atomic E-state index is 12.7. The van der Waals surface area contributed by atoms with E-state index in [-0.39, 0.29) is 32.9 Å². The Balaban J connectivity index is 2.61. The molecule has 0 spiro atoms. The van der Waals surface area contributed by atoms with Crippen molar-refractivity contribution in [3.63, 3.8) is 0 Å². The van der Waals surface area contributed by atoms with Gasteiger partial charge >= 0.3 is 6.18 Å². The Morgan fingerprint density at radius 3 is 2.15 bits per heavy atom. The highest BCUT2D eigenvalue weighted by Crippen LogP contribution is 2.52. The molecular weight excluding hydrogens is 320 g/mol. The van der Waals surface area contributed by atoms with E-state index in [2.05, 4.69) is 0 Å². The van der Waals surface area contributed by atoms with Gasteiger partial charge in [-0.15, -0.1) is 0 Å². The molecule has 0 amide bonds. The zero-order chi connectivity index (χ0) is 15.1. The fraction of sp³-hybridized carbons (Fsp3) is 0.333. The average molecular weight is 329 g/mol. The van der Waals surface area contributed by atoms with Gasteiger partial charge in [-0.1, -0.05) is 23.2 Å². The molecule has 1 heterocycles. The van der Waals surface area contributed by atoms with E-state index in [9.17, 15) is 13.2 Å². The van der Waals surface area contributed by atoms with Crippen LogP contribution >= 0.6 is 23.2 Å². The number of rotatable bonds is 2. The molecule has 0 bridgehead atoms. The average Bonchev–Trinajstić information content (AvgIpc) is 2.40. The molecule has 2 rings (SSSR count). The van der Waals surface area contributed by atoms with Gasteiger partial charge in [-0.3, -0.25) is 0 Å². The van der Waals surface area contributed by atoms with Crippen LogP contribution in [-0.4, -0.2) is 26.5 Å². The van der Waals surface area contributed by atoms with E-state index in [0.29, 0.717) is 0 Å². The number of halogens is 5. The van der Waals surface area contributed by atoms with Crippen molar-refractivity contribution in [1.82, 2.24) is 0 Å². The summed E-state index contributed by atoms with van der Waals surface area (Å²) in [6, 6.07) is 0. The molecule has 0 N–H and O–H groups in total. The number of hydrogen-bond donors (Lipinski definition) is 0. The van der Waals surface area contributed by atoms with Gasteiger partial charge in [0.1, 0.15) is 5.02 Å². The molecular formula is C12H9Cl2F3O3. The van der Waals surface area contributed by atoms with E-state index < -0.39 is 12.3 Å². The highest BCUT2D eigenvalue weighted by atomic mass is 35.5. The van der Waals surface area contributed by atoms with Crippen molar-refractivity contribution < 1.29 is 27.4 Å². The number of alkyl halides is 3. The molecule has 0 saturated heterocycles. The molecule has 0 aliphatic carbocycles. The largest absolute Gasteiger partial charge is 0.491 e. The summed E-state index contributed by atoms with van der Waals surface area (Å²) in [7, 11) is 2.64. The zero-order valence-corrected chi connectivity index (χ0v) is 11.9. The molecule has 1 atom stereocenters. The van der Waals surface area contributed by atoms with Crippen molar-refractivity contribution >= 4 is 29.3 Å². The van der Waals surface area contributed by atoms with Crippen molar-refractivity contribution in [2.24, 2.45) is 0 Å². The number of benzene rings is 1. The Labute approximate surface area is 122 Å². The van der Waals surface area contributed by atoms with Gasteiger partial charge < -0.3 is 14.2 Å². The first-order valence-electron chi connectivity index (χ1n) is 5.35. The minimum atomic E-state index is -4.54. The Hall–Kier alpha value is -1.27. The maximum absolute atomic E-state index is 12.7. The quantitative estimate of drug-likeness (QED) is 0.807. The normalized spacial score (nSPS) is 17.4. The third kappa shape index (κ3) is 2.38. The second-order valence-corrected chi connectivity index (χ2v) is 4.63. The van der Waals surface area contributed by atoms with E-state index in [0.717, 1.165) is 6.08 Å². The van der Waals surface area contributed by atoms with Crippen LogP contribution in [0.4, 0.5) is 13.2 Å². The minimum absolute atomic E-state index is 0.0224. The monoisotopic (exact) mass is 328 g/mol. The number of hydrogen-bond acceptors (Lipinski definition) is 3. The van der Waals surface area contributed by atoms with Gasteiger partial charge in [0.15, 0.2) is 17.2 Å². The van der Waals surface area contributed by atoms with E-state index in [1.165, 1.54) is 20.3 Å². The van der Waals surface area contributed by atoms with Crippen LogP contribution in [0.1, 0.15) is 5.56 Å². The summed E-state index contributed by atoms with van der Waals surface area (Å²) >= 11 is 12.1. The summed E-state index contributed by atoms with van der Waals surface area (Å²) in [5.41, 5.74) is 0.217. The van der Waals surface area contributed by atoms with Gasteiger partial charge in [0.05, 0.1) is 19.2 Å². The van der Waals surface area contributed by atoms with Crippen molar-refractivity contribution in [2.75, 3.05) is 14.2 Å². The Bertz CT molecular complexity index is 570. The van der Waals surface area contributed by atoms with Crippen LogP contribution in [-0.2, 0) is 0 Å². The lowest BCUT2D eigenvalue weighted by molar-refractivity contribution is -0.180. The molecule has 110 valence electrons. The predicted octanol–water partition coefficient (Wildman–Crippen LogP) is 4.35. The first-order chi connectivity index (χ1) is 9.31. The molecule has 0 radical (unpaired) electrons. The van der Waals surface area contributed by atoms with Crippen LogP contribution in [0.3, 0.4) is 0 Å². The molecule has 1 aromatic carbocycles. The summed E-state index contributed by atoms with van der Waals surface area (Å²) < 4.78 is 53.0. The minimum Gasteiger partial charge on any atom is -0.491 e. The van der Waals surface area contributed by atoms with Crippen molar-refractivity contribution in [2.45, 2.75) is 12.3 Å². The Morgan fingerprint density at radius 1 is 1.10 bits per heavy atom. The predicted molar refractivity (Wildman–Crippen MR) is 69.1 cm³/mol. The number of methoxy groups -OCH3 is 2. The lowest BCUT2D eigenvalue weighted by Crippen LogP contribution is -2.34. The summed E-state index contributed by atoms with van der Waals surface area (Å²) in [5.74, 6) is -0.0232. The third-order valence-electron chi connectivity index (χ3n) is 2.70. The standard InChI is InChI=1S/C12H9Cl2F3O3/c1-18-10-7(13)5-3-4-6(12(15,16)17)20-9(5)8(14)11(10)19-2/h3-4,6H,1-2H3. The maximum Gasteiger partial charge on any atom is 0.429 e. The van der Waals surface area contributed by atoms with Crippen LogP contribution < -0.4 is 14.2 Å². The third-order valence-corrected chi connectivity index (χ3v) is 3.42. The zero-order valence-electron chi connectivity index (χ0n) is 10.3.